The van der Waals surface area contributed by atoms with E-state index < -0.39 is 0 Å². The zero-order valence-corrected chi connectivity index (χ0v) is 11.5. The molecule has 0 spiro atoms. The third-order valence-corrected chi connectivity index (χ3v) is 3.53. The van der Waals surface area contributed by atoms with Crippen LogP contribution in [0.1, 0.15) is 17.5 Å². The smallest absolute Gasteiger partial charge is 0.0483 e. The maximum absolute atomic E-state index is 3.58. The molecule has 2 nitrogen and oxygen atoms in total. The Morgan fingerprint density at radius 1 is 0.789 bits per heavy atom. The summed E-state index contributed by atoms with van der Waals surface area (Å²) in [5.41, 5.74) is 5.04. The molecule has 2 heteroatoms. The van der Waals surface area contributed by atoms with Gasteiger partial charge in [0.15, 0.2) is 0 Å². The zero-order chi connectivity index (χ0) is 13.2. The molecule has 0 bridgehead atoms. The topological polar surface area (TPSA) is 24.1 Å². The lowest BCUT2D eigenvalue weighted by Gasteiger charge is -2.09. The SMILES string of the molecule is Cc1cccc(NC2CC2Nc2cccc(C)c2)c1. The van der Waals surface area contributed by atoms with Crippen LogP contribution in [0.3, 0.4) is 0 Å². The van der Waals surface area contributed by atoms with Gasteiger partial charge >= 0.3 is 0 Å². The van der Waals surface area contributed by atoms with E-state index in [-0.39, 0.29) is 0 Å². The van der Waals surface area contributed by atoms with Gasteiger partial charge in [-0.15, -0.1) is 0 Å². The molecule has 19 heavy (non-hydrogen) atoms. The van der Waals surface area contributed by atoms with E-state index in [1.54, 1.807) is 0 Å². The Kier molecular flexibility index (Phi) is 3.16. The van der Waals surface area contributed by atoms with E-state index in [4.69, 9.17) is 0 Å². The highest BCUT2D eigenvalue weighted by molar-refractivity contribution is 5.52. The van der Waals surface area contributed by atoms with Crippen molar-refractivity contribution in [2.75, 3.05) is 10.6 Å². The van der Waals surface area contributed by atoms with Crippen molar-refractivity contribution in [3.8, 4) is 0 Å². The van der Waals surface area contributed by atoms with Crippen molar-refractivity contribution in [3.05, 3.63) is 59.7 Å². The lowest BCUT2D eigenvalue weighted by atomic mass is 10.2. The first-order valence-corrected chi connectivity index (χ1v) is 6.87. The monoisotopic (exact) mass is 252 g/mol. The van der Waals surface area contributed by atoms with E-state index in [0.717, 1.165) is 0 Å². The summed E-state index contributed by atoms with van der Waals surface area (Å²) in [7, 11) is 0. The molecule has 1 fully saturated rings. The summed E-state index contributed by atoms with van der Waals surface area (Å²) in [4.78, 5) is 0. The van der Waals surface area contributed by atoms with Gasteiger partial charge in [0.1, 0.15) is 0 Å². The number of rotatable bonds is 4. The van der Waals surface area contributed by atoms with Gasteiger partial charge in [-0.05, 0) is 55.7 Å². The van der Waals surface area contributed by atoms with E-state index in [9.17, 15) is 0 Å². The normalized spacial score (nSPS) is 20.9. The van der Waals surface area contributed by atoms with Gasteiger partial charge in [0.25, 0.3) is 0 Å². The third-order valence-electron chi connectivity index (χ3n) is 3.53. The summed E-state index contributed by atoms with van der Waals surface area (Å²) >= 11 is 0. The molecule has 0 radical (unpaired) electrons. The molecule has 1 aliphatic carbocycles. The van der Waals surface area contributed by atoms with Gasteiger partial charge in [-0.25, -0.2) is 0 Å². The Hall–Kier alpha value is -1.96. The fraction of sp³-hybridized carbons (Fsp3) is 0.294. The Morgan fingerprint density at radius 2 is 1.26 bits per heavy atom. The quantitative estimate of drug-likeness (QED) is 0.860. The van der Waals surface area contributed by atoms with Crippen LogP contribution in [0.5, 0.6) is 0 Å². The highest BCUT2D eigenvalue weighted by atomic mass is 15.1. The zero-order valence-electron chi connectivity index (χ0n) is 11.5. The number of hydrogen-bond acceptors (Lipinski definition) is 2. The van der Waals surface area contributed by atoms with Crippen LogP contribution in [-0.2, 0) is 0 Å². The van der Waals surface area contributed by atoms with Crippen molar-refractivity contribution in [2.24, 2.45) is 0 Å². The number of benzene rings is 2. The van der Waals surface area contributed by atoms with Crippen LogP contribution in [0.15, 0.2) is 48.5 Å². The molecule has 2 aromatic rings. The van der Waals surface area contributed by atoms with E-state index in [1.807, 2.05) is 0 Å². The first kappa shape index (κ1) is 12.1. The van der Waals surface area contributed by atoms with Gasteiger partial charge in [-0.3, -0.25) is 0 Å². The van der Waals surface area contributed by atoms with Crippen LogP contribution in [0.4, 0.5) is 11.4 Å². The van der Waals surface area contributed by atoms with E-state index in [1.165, 1.54) is 28.9 Å². The van der Waals surface area contributed by atoms with Gasteiger partial charge in [0.05, 0.1) is 0 Å². The molecule has 1 aliphatic rings. The van der Waals surface area contributed by atoms with Crippen molar-refractivity contribution in [1.82, 2.24) is 0 Å². The standard InChI is InChI=1S/C17H20N2/c1-12-5-3-7-14(9-12)18-16-11-17(16)19-15-8-4-6-13(2)10-15/h3-10,16-19H,11H2,1-2H3. The van der Waals surface area contributed by atoms with Crippen LogP contribution in [0.2, 0.25) is 0 Å². The molecule has 98 valence electrons. The molecule has 0 saturated heterocycles. The molecule has 0 aliphatic heterocycles. The van der Waals surface area contributed by atoms with Crippen molar-refractivity contribution in [1.29, 1.82) is 0 Å². The first-order chi connectivity index (χ1) is 9.20. The molecule has 0 amide bonds. The Morgan fingerprint density at radius 3 is 1.68 bits per heavy atom. The second-order valence-corrected chi connectivity index (χ2v) is 5.48. The highest BCUT2D eigenvalue weighted by Gasteiger charge is 2.37. The maximum Gasteiger partial charge on any atom is 0.0483 e. The summed E-state index contributed by atoms with van der Waals surface area (Å²) in [5, 5.41) is 7.16. The lowest BCUT2D eigenvalue weighted by Crippen LogP contribution is -2.13. The average Bonchev–Trinajstić information content (AvgIpc) is 3.07. The van der Waals surface area contributed by atoms with E-state index in [0.29, 0.717) is 12.1 Å². The van der Waals surface area contributed by atoms with Gasteiger partial charge in [0, 0.05) is 23.5 Å². The Bertz CT molecular complexity index is 525. The van der Waals surface area contributed by atoms with Crippen LogP contribution < -0.4 is 10.6 Å². The van der Waals surface area contributed by atoms with Crippen LogP contribution in [0.25, 0.3) is 0 Å². The molecule has 2 atom stereocenters. The van der Waals surface area contributed by atoms with Crippen molar-refractivity contribution >= 4 is 11.4 Å². The summed E-state index contributed by atoms with van der Waals surface area (Å²) in [6.45, 7) is 4.25. The van der Waals surface area contributed by atoms with Crippen molar-refractivity contribution in [2.45, 2.75) is 32.4 Å². The van der Waals surface area contributed by atoms with Crippen molar-refractivity contribution in [3.63, 3.8) is 0 Å². The summed E-state index contributed by atoms with van der Waals surface area (Å²) < 4.78 is 0. The fourth-order valence-electron chi connectivity index (χ4n) is 2.41. The largest absolute Gasteiger partial charge is 0.380 e. The molecule has 2 aromatic carbocycles. The second-order valence-electron chi connectivity index (χ2n) is 5.48. The third kappa shape index (κ3) is 3.08. The summed E-state index contributed by atoms with van der Waals surface area (Å²) in [6, 6.07) is 18.2. The first-order valence-electron chi connectivity index (χ1n) is 6.87. The van der Waals surface area contributed by atoms with Crippen molar-refractivity contribution < 1.29 is 0 Å². The number of hydrogen-bond donors (Lipinski definition) is 2. The molecular formula is C17H20N2. The number of nitrogens with one attached hydrogen (secondary N) is 2. The maximum atomic E-state index is 3.58. The molecule has 3 rings (SSSR count). The van der Waals surface area contributed by atoms with Gasteiger partial charge < -0.3 is 10.6 Å². The number of aryl methyl sites for hydroxylation is 2. The van der Waals surface area contributed by atoms with E-state index >= 15 is 0 Å². The molecule has 2 N–H and O–H groups in total. The highest BCUT2D eigenvalue weighted by Crippen LogP contribution is 2.30. The molecule has 2 unspecified atom stereocenters. The van der Waals surface area contributed by atoms with Gasteiger partial charge in [-0.1, -0.05) is 24.3 Å². The molecule has 0 heterocycles. The summed E-state index contributed by atoms with van der Waals surface area (Å²) in [6.07, 6.45) is 1.18. The minimum atomic E-state index is 0.544. The fourth-order valence-corrected chi connectivity index (χ4v) is 2.41. The molecule has 0 aromatic heterocycles. The van der Waals surface area contributed by atoms with Crippen LogP contribution >= 0.6 is 0 Å². The average molecular weight is 252 g/mol. The second kappa shape index (κ2) is 4.96. The Labute approximate surface area is 114 Å². The lowest BCUT2D eigenvalue weighted by molar-refractivity contribution is 1.06. The molecular weight excluding hydrogens is 232 g/mol. The van der Waals surface area contributed by atoms with Gasteiger partial charge in [0.2, 0.25) is 0 Å². The summed E-state index contributed by atoms with van der Waals surface area (Å²) in [5.74, 6) is 0. The predicted molar refractivity (Wildman–Crippen MR) is 81.8 cm³/mol. The minimum Gasteiger partial charge on any atom is -0.380 e. The minimum absolute atomic E-state index is 0.544. The Balaban J connectivity index is 1.57. The van der Waals surface area contributed by atoms with Gasteiger partial charge in [-0.2, -0.15) is 0 Å². The predicted octanol–water partition coefficient (Wildman–Crippen LogP) is 3.97. The molecule has 1 saturated carbocycles. The van der Waals surface area contributed by atoms with E-state index in [2.05, 4.69) is 73.0 Å². The van der Waals surface area contributed by atoms with Crippen LogP contribution in [0, 0.1) is 13.8 Å². The number of anilines is 2. The van der Waals surface area contributed by atoms with Crippen LogP contribution in [-0.4, -0.2) is 12.1 Å².